The third kappa shape index (κ3) is 2.66. The van der Waals surface area contributed by atoms with Crippen LogP contribution in [0.25, 0.3) is 0 Å². The average molecular weight is 384 g/mol. The molecule has 0 N–H and O–H groups in total. The van der Waals surface area contributed by atoms with Crippen LogP contribution < -0.4 is 0 Å². The number of fused-ring (bicyclic) bond motifs is 5. The molecule has 3 nitrogen and oxygen atoms in total. The van der Waals surface area contributed by atoms with Crippen LogP contribution in [0.3, 0.4) is 0 Å². The van der Waals surface area contributed by atoms with Crippen molar-refractivity contribution in [3.63, 3.8) is 0 Å². The molecule has 28 heavy (non-hydrogen) atoms. The third-order valence-corrected chi connectivity index (χ3v) is 10.1. The molecule has 0 aliphatic heterocycles. The smallest absolute Gasteiger partial charge is 0.139 e. The summed E-state index contributed by atoms with van der Waals surface area (Å²) in [5, 5.41) is 9.23. The monoisotopic (exact) mass is 383 g/mol. The SMILES string of the molecule is CC[C@@H]1C(=O)C2C3CCC([C@H](C)CC#N)[C@@]3(C)CCC2[C@@]2(C)CCC(=O)C[C@@H]12. The second-order valence-electron chi connectivity index (χ2n) is 11.1. The molecular formula is C25H37NO2. The molecule has 4 aliphatic rings. The van der Waals surface area contributed by atoms with Crippen molar-refractivity contribution in [2.24, 2.45) is 52.3 Å². The van der Waals surface area contributed by atoms with Gasteiger partial charge < -0.3 is 0 Å². The Labute approximate surface area is 170 Å². The summed E-state index contributed by atoms with van der Waals surface area (Å²) in [4.78, 5) is 26.1. The highest BCUT2D eigenvalue weighted by atomic mass is 16.1. The number of hydrogen-bond donors (Lipinski definition) is 0. The van der Waals surface area contributed by atoms with Crippen LogP contribution in [-0.2, 0) is 9.59 Å². The Morgan fingerprint density at radius 1 is 1.07 bits per heavy atom. The Hall–Kier alpha value is -1.17. The van der Waals surface area contributed by atoms with Crippen LogP contribution in [0.5, 0.6) is 0 Å². The lowest BCUT2D eigenvalue weighted by atomic mass is 9.42. The highest BCUT2D eigenvalue weighted by Gasteiger charge is 2.65. The summed E-state index contributed by atoms with van der Waals surface area (Å²) in [6.45, 7) is 9.25. The van der Waals surface area contributed by atoms with E-state index in [-0.39, 0.29) is 28.6 Å². The lowest BCUT2D eigenvalue weighted by Crippen LogP contribution is -2.60. The van der Waals surface area contributed by atoms with Gasteiger partial charge in [-0.05, 0) is 78.9 Å². The summed E-state index contributed by atoms with van der Waals surface area (Å²) in [7, 11) is 0. The van der Waals surface area contributed by atoms with Crippen molar-refractivity contribution in [1.82, 2.24) is 0 Å². The Kier molecular flexibility index (Phi) is 5.00. The second-order valence-corrected chi connectivity index (χ2v) is 11.1. The maximum atomic E-state index is 13.8. The molecule has 0 bridgehead atoms. The number of carbonyl (C=O) groups excluding carboxylic acids is 2. The lowest BCUT2D eigenvalue weighted by molar-refractivity contribution is -0.169. The van der Waals surface area contributed by atoms with Crippen LogP contribution in [-0.4, -0.2) is 11.6 Å². The first-order valence-corrected chi connectivity index (χ1v) is 11.7. The number of rotatable bonds is 3. The van der Waals surface area contributed by atoms with Gasteiger partial charge in [-0.3, -0.25) is 9.59 Å². The number of hydrogen-bond acceptors (Lipinski definition) is 3. The van der Waals surface area contributed by atoms with Crippen LogP contribution in [0.1, 0.15) is 85.5 Å². The number of carbonyl (C=O) groups is 2. The Balaban J connectivity index is 1.70. The van der Waals surface area contributed by atoms with E-state index in [1.807, 2.05) is 0 Å². The molecule has 0 heterocycles. The molecule has 0 radical (unpaired) electrons. The average Bonchev–Trinajstić information content (AvgIpc) is 3.01. The van der Waals surface area contributed by atoms with E-state index in [9.17, 15) is 14.9 Å². The van der Waals surface area contributed by atoms with E-state index >= 15 is 0 Å². The van der Waals surface area contributed by atoms with Gasteiger partial charge >= 0.3 is 0 Å². The minimum Gasteiger partial charge on any atom is -0.300 e. The third-order valence-electron chi connectivity index (χ3n) is 10.1. The molecule has 0 aromatic rings. The quantitative estimate of drug-likeness (QED) is 0.639. The molecule has 0 saturated heterocycles. The molecule has 0 aromatic carbocycles. The first kappa shape index (κ1) is 20.1. The van der Waals surface area contributed by atoms with Crippen molar-refractivity contribution >= 4 is 11.6 Å². The standard InChI is InChI=1S/C25H37NO2/c1-5-17-21-14-16(27)8-11-25(21,4)20-9-12-24(3)18(15(2)10-13-26)6-7-19(24)22(20)23(17)28/h15,17-22H,5-12,14H2,1-4H3/t15-,17+,18?,19?,20?,21+,22?,24-,25-/m1/s1. The van der Waals surface area contributed by atoms with Gasteiger partial charge in [0.05, 0.1) is 6.07 Å². The van der Waals surface area contributed by atoms with Crippen molar-refractivity contribution < 1.29 is 9.59 Å². The van der Waals surface area contributed by atoms with E-state index in [2.05, 4.69) is 33.8 Å². The van der Waals surface area contributed by atoms with Gasteiger partial charge in [0.15, 0.2) is 0 Å². The van der Waals surface area contributed by atoms with Crippen molar-refractivity contribution in [1.29, 1.82) is 5.26 Å². The highest BCUT2D eigenvalue weighted by Crippen LogP contribution is 2.68. The fourth-order valence-corrected chi connectivity index (χ4v) is 8.71. The lowest BCUT2D eigenvalue weighted by Gasteiger charge is -2.61. The van der Waals surface area contributed by atoms with E-state index in [1.54, 1.807) is 0 Å². The van der Waals surface area contributed by atoms with Gasteiger partial charge in [0.25, 0.3) is 0 Å². The summed E-state index contributed by atoms with van der Waals surface area (Å²) in [6, 6.07) is 2.39. The van der Waals surface area contributed by atoms with Gasteiger partial charge in [-0.2, -0.15) is 5.26 Å². The summed E-state index contributed by atoms with van der Waals surface area (Å²) >= 11 is 0. The van der Waals surface area contributed by atoms with Crippen LogP contribution >= 0.6 is 0 Å². The molecule has 4 unspecified atom stereocenters. The molecule has 4 aliphatic carbocycles. The van der Waals surface area contributed by atoms with Crippen molar-refractivity contribution in [2.45, 2.75) is 85.5 Å². The molecule has 4 rings (SSSR count). The maximum absolute atomic E-state index is 13.8. The van der Waals surface area contributed by atoms with Crippen molar-refractivity contribution in [2.75, 3.05) is 0 Å². The van der Waals surface area contributed by atoms with E-state index in [0.29, 0.717) is 54.5 Å². The van der Waals surface area contributed by atoms with Crippen LogP contribution in [0, 0.1) is 63.6 Å². The molecule has 4 fully saturated rings. The molecule has 0 spiro atoms. The zero-order valence-corrected chi connectivity index (χ0v) is 18.2. The molecular weight excluding hydrogens is 346 g/mol. The fraction of sp³-hybridized carbons (Fsp3) is 0.880. The fourth-order valence-electron chi connectivity index (χ4n) is 8.71. The predicted molar refractivity (Wildman–Crippen MR) is 109 cm³/mol. The highest BCUT2D eigenvalue weighted by molar-refractivity contribution is 5.88. The largest absolute Gasteiger partial charge is 0.300 e. The van der Waals surface area contributed by atoms with E-state index in [0.717, 1.165) is 25.7 Å². The van der Waals surface area contributed by atoms with Gasteiger partial charge in [-0.15, -0.1) is 0 Å². The van der Waals surface area contributed by atoms with Crippen LogP contribution in [0.2, 0.25) is 0 Å². The van der Waals surface area contributed by atoms with Crippen LogP contribution in [0.4, 0.5) is 0 Å². The minimum atomic E-state index is 0.0773. The molecule has 0 aromatic heterocycles. The predicted octanol–water partition coefficient (Wildman–Crippen LogP) is 5.58. The molecule has 4 saturated carbocycles. The van der Waals surface area contributed by atoms with Gasteiger partial charge in [0.2, 0.25) is 0 Å². The van der Waals surface area contributed by atoms with Gasteiger partial charge in [0.1, 0.15) is 11.6 Å². The van der Waals surface area contributed by atoms with Crippen molar-refractivity contribution in [3.8, 4) is 6.07 Å². The minimum absolute atomic E-state index is 0.0773. The Bertz CT molecular complexity index is 708. The molecule has 154 valence electrons. The zero-order valence-electron chi connectivity index (χ0n) is 18.2. The number of nitrogens with zero attached hydrogens (tertiary/aromatic N) is 1. The summed E-state index contributed by atoms with van der Waals surface area (Å²) in [5.74, 6) is 3.35. The second kappa shape index (κ2) is 6.96. The van der Waals surface area contributed by atoms with Gasteiger partial charge in [-0.25, -0.2) is 0 Å². The Morgan fingerprint density at radius 2 is 1.79 bits per heavy atom. The van der Waals surface area contributed by atoms with Gasteiger partial charge in [-0.1, -0.05) is 27.7 Å². The summed E-state index contributed by atoms with van der Waals surface area (Å²) in [6.07, 6.45) is 8.51. The van der Waals surface area contributed by atoms with E-state index < -0.39 is 0 Å². The summed E-state index contributed by atoms with van der Waals surface area (Å²) < 4.78 is 0. The molecule has 3 heteroatoms. The molecule has 0 amide bonds. The topological polar surface area (TPSA) is 57.9 Å². The van der Waals surface area contributed by atoms with E-state index in [4.69, 9.17) is 0 Å². The number of Topliss-reactive ketones (excluding diaryl/α,β-unsaturated/α-hetero) is 2. The number of ketones is 2. The molecule has 9 atom stereocenters. The van der Waals surface area contributed by atoms with Crippen molar-refractivity contribution in [3.05, 3.63) is 0 Å². The van der Waals surface area contributed by atoms with Crippen LogP contribution in [0.15, 0.2) is 0 Å². The first-order chi connectivity index (χ1) is 13.3. The number of nitriles is 1. The van der Waals surface area contributed by atoms with Gasteiger partial charge in [0, 0.05) is 31.1 Å². The van der Waals surface area contributed by atoms with E-state index in [1.165, 1.54) is 12.8 Å². The first-order valence-electron chi connectivity index (χ1n) is 11.7. The zero-order chi connectivity index (χ0) is 20.3. The normalized spacial score (nSPS) is 49.0. The summed E-state index contributed by atoms with van der Waals surface area (Å²) in [5.41, 5.74) is 0.365. The Morgan fingerprint density at radius 3 is 2.46 bits per heavy atom. The maximum Gasteiger partial charge on any atom is 0.139 e.